The van der Waals surface area contributed by atoms with Gasteiger partial charge in [0.25, 0.3) is 11.8 Å². The van der Waals surface area contributed by atoms with Crippen molar-refractivity contribution >= 4 is 29.4 Å². The SMILES string of the molecule is CC(C)[C@H](NC(=O)c1ccccc1Cl)C(=O)OCC(=O)NC1CCCC1. The molecule has 0 unspecified atom stereocenters. The molecule has 0 heterocycles. The number of hydrogen-bond donors (Lipinski definition) is 2. The van der Waals surface area contributed by atoms with Crippen LogP contribution in [0.25, 0.3) is 0 Å². The lowest BCUT2D eigenvalue weighted by Gasteiger charge is -2.21. The van der Waals surface area contributed by atoms with Crippen molar-refractivity contribution < 1.29 is 19.1 Å². The highest BCUT2D eigenvalue weighted by molar-refractivity contribution is 6.33. The first-order valence-corrected chi connectivity index (χ1v) is 9.27. The van der Waals surface area contributed by atoms with Crippen molar-refractivity contribution in [1.29, 1.82) is 0 Å². The molecule has 26 heavy (non-hydrogen) atoms. The van der Waals surface area contributed by atoms with Crippen LogP contribution in [0.15, 0.2) is 24.3 Å². The van der Waals surface area contributed by atoms with Gasteiger partial charge >= 0.3 is 5.97 Å². The quantitative estimate of drug-likeness (QED) is 0.712. The zero-order valence-electron chi connectivity index (χ0n) is 15.1. The van der Waals surface area contributed by atoms with Crippen LogP contribution in [0.2, 0.25) is 5.02 Å². The maximum absolute atomic E-state index is 12.4. The number of nitrogens with one attached hydrogen (secondary N) is 2. The van der Waals surface area contributed by atoms with Crippen LogP contribution in [0, 0.1) is 5.92 Å². The van der Waals surface area contributed by atoms with E-state index < -0.39 is 17.9 Å². The van der Waals surface area contributed by atoms with E-state index in [4.69, 9.17) is 16.3 Å². The summed E-state index contributed by atoms with van der Waals surface area (Å²) in [6.45, 7) is 3.23. The van der Waals surface area contributed by atoms with Crippen LogP contribution in [-0.4, -0.2) is 36.5 Å². The van der Waals surface area contributed by atoms with Gasteiger partial charge in [-0.25, -0.2) is 4.79 Å². The number of rotatable bonds is 7. The smallest absolute Gasteiger partial charge is 0.329 e. The Morgan fingerprint density at radius 3 is 2.46 bits per heavy atom. The number of carbonyl (C=O) groups is 3. The maximum Gasteiger partial charge on any atom is 0.329 e. The molecule has 1 aromatic rings. The molecule has 0 aromatic heterocycles. The Morgan fingerprint density at radius 2 is 1.85 bits per heavy atom. The minimum Gasteiger partial charge on any atom is -0.454 e. The van der Waals surface area contributed by atoms with E-state index in [0.717, 1.165) is 25.7 Å². The van der Waals surface area contributed by atoms with Gasteiger partial charge < -0.3 is 15.4 Å². The summed E-state index contributed by atoms with van der Waals surface area (Å²) in [5.41, 5.74) is 0.284. The Balaban J connectivity index is 1.89. The second-order valence-corrected chi connectivity index (χ2v) is 7.24. The third kappa shape index (κ3) is 5.73. The molecule has 1 aliphatic rings. The fraction of sp³-hybridized carbons (Fsp3) is 0.526. The maximum atomic E-state index is 12.4. The molecule has 142 valence electrons. The largest absolute Gasteiger partial charge is 0.454 e. The second kappa shape index (κ2) is 9.57. The summed E-state index contributed by atoms with van der Waals surface area (Å²) in [5.74, 6) is -1.61. The van der Waals surface area contributed by atoms with E-state index in [0.29, 0.717) is 5.02 Å². The Labute approximate surface area is 158 Å². The second-order valence-electron chi connectivity index (χ2n) is 6.83. The molecule has 1 atom stereocenters. The topological polar surface area (TPSA) is 84.5 Å². The number of carbonyl (C=O) groups excluding carboxylic acids is 3. The summed E-state index contributed by atoms with van der Waals surface area (Å²) in [6.07, 6.45) is 4.13. The first-order valence-electron chi connectivity index (χ1n) is 8.90. The molecule has 0 bridgehead atoms. The Kier molecular flexibility index (Phi) is 7.45. The van der Waals surface area contributed by atoms with Gasteiger partial charge in [0.15, 0.2) is 6.61 Å². The Hall–Kier alpha value is -2.08. The summed E-state index contributed by atoms with van der Waals surface area (Å²) in [5, 5.41) is 5.80. The molecule has 1 aliphatic carbocycles. The predicted octanol–water partition coefficient (Wildman–Crippen LogP) is 2.70. The molecule has 1 saturated carbocycles. The van der Waals surface area contributed by atoms with Gasteiger partial charge in [-0.2, -0.15) is 0 Å². The van der Waals surface area contributed by atoms with Gasteiger partial charge in [0.05, 0.1) is 10.6 Å². The summed E-state index contributed by atoms with van der Waals surface area (Å²) >= 11 is 6.02. The molecule has 7 heteroatoms. The average molecular weight is 381 g/mol. The van der Waals surface area contributed by atoms with Crippen LogP contribution in [0.3, 0.4) is 0 Å². The summed E-state index contributed by atoms with van der Waals surface area (Å²) in [4.78, 5) is 36.6. The summed E-state index contributed by atoms with van der Waals surface area (Å²) in [7, 11) is 0. The highest BCUT2D eigenvalue weighted by Gasteiger charge is 2.27. The zero-order valence-corrected chi connectivity index (χ0v) is 15.8. The van der Waals surface area contributed by atoms with Gasteiger partial charge in [-0.15, -0.1) is 0 Å². The van der Waals surface area contributed by atoms with E-state index >= 15 is 0 Å². The third-order valence-corrected chi connectivity index (χ3v) is 4.72. The van der Waals surface area contributed by atoms with E-state index in [-0.39, 0.29) is 30.0 Å². The Morgan fingerprint density at radius 1 is 1.19 bits per heavy atom. The normalized spacial score (nSPS) is 15.5. The number of amides is 2. The fourth-order valence-electron chi connectivity index (χ4n) is 2.93. The zero-order chi connectivity index (χ0) is 19.1. The fourth-order valence-corrected chi connectivity index (χ4v) is 3.15. The molecule has 0 saturated heterocycles. The molecule has 1 fully saturated rings. The van der Waals surface area contributed by atoms with Gasteiger partial charge in [0.1, 0.15) is 6.04 Å². The number of esters is 1. The van der Waals surface area contributed by atoms with Crippen molar-refractivity contribution in [2.75, 3.05) is 6.61 Å². The van der Waals surface area contributed by atoms with Crippen molar-refractivity contribution in [3.63, 3.8) is 0 Å². The van der Waals surface area contributed by atoms with Gasteiger partial charge in [-0.1, -0.05) is 50.4 Å². The van der Waals surface area contributed by atoms with Crippen molar-refractivity contribution in [2.24, 2.45) is 5.92 Å². The predicted molar refractivity (Wildman–Crippen MR) is 98.9 cm³/mol. The molecular formula is C19H25ClN2O4. The lowest BCUT2D eigenvalue weighted by Crippen LogP contribution is -2.46. The minimum absolute atomic E-state index is 0.169. The van der Waals surface area contributed by atoms with Crippen LogP contribution < -0.4 is 10.6 Å². The van der Waals surface area contributed by atoms with Crippen molar-refractivity contribution in [2.45, 2.75) is 51.6 Å². The van der Waals surface area contributed by atoms with Crippen molar-refractivity contribution in [3.8, 4) is 0 Å². The van der Waals surface area contributed by atoms with Gasteiger partial charge in [0.2, 0.25) is 0 Å². The van der Waals surface area contributed by atoms with E-state index in [1.165, 1.54) is 0 Å². The van der Waals surface area contributed by atoms with E-state index in [2.05, 4.69) is 10.6 Å². The van der Waals surface area contributed by atoms with Gasteiger partial charge in [-0.3, -0.25) is 9.59 Å². The molecule has 6 nitrogen and oxygen atoms in total. The lowest BCUT2D eigenvalue weighted by atomic mass is 10.0. The lowest BCUT2D eigenvalue weighted by molar-refractivity contribution is -0.151. The van der Waals surface area contributed by atoms with Crippen LogP contribution >= 0.6 is 11.6 Å². The first-order chi connectivity index (χ1) is 12.4. The van der Waals surface area contributed by atoms with Gasteiger partial charge in [0, 0.05) is 6.04 Å². The molecule has 2 rings (SSSR count). The van der Waals surface area contributed by atoms with Crippen LogP contribution in [0.1, 0.15) is 49.9 Å². The molecule has 0 radical (unpaired) electrons. The molecule has 1 aromatic carbocycles. The first kappa shape index (κ1) is 20.2. The summed E-state index contributed by atoms with van der Waals surface area (Å²) < 4.78 is 5.11. The number of benzene rings is 1. The van der Waals surface area contributed by atoms with Crippen molar-refractivity contribution in [3.05, 3.63) is 34.9 Å². The van der Waals surface area contributed by atoms with Crippen molar-refractivity contribution in [1.82, 2.24) is 10.6 Å². The third-order valence-electron chi connectivity index (χ3n) is 4.39. The number of ether oxygens (including phenoxy) is 1. The highest BCUT2D eigenvalue weighted by atomic mass is 35.5. The van der Waals surface area contributed by atoms with Crippen LogP contribution in [-0.2, 0) is 14.3 Å². The van der Waals surface area contributed by atoms with Gasteiger partial charge in [-0.05, 0) is 30.9 Å². The molecular weight excluding hydrogens is 356 g/mol. The highest BCUT2D eigenvalue weighted by Crippen LogP contribution is 2.18. The number of halogens is 1. The molecule has 0 aliphatic heterocycles. The Bertz CT molecular complexity index is 657. The van der Waals surface area contributed by atoms with Crippen LogP contribution in [0.5, 0.6) is 0 Å². The monoisotopic (exact) mass is 380 g/mol. The standard InChI is InChI=1S/C19H25ClN2O4/c1-12(2)17(22-18(24)14-9-5-6-10-15(14)20)19(25)26-11-16(23)21-13-7-3-4-8-13/h5-6,9-10,12-13,17H,3-4,7-8,11H2,1-2H3,(H,21,23)(H,22,24)/t17-/m0/s1. The molecule has 2 N–H and O–H groups in total. The van der Waals surface area contributed by atoms with Crippen LogP contribution in [0.4, 0.5) is 0 Å². The number of hydrogen-bond acceptors (Lipinski definition) is 4. The van der Waals surface area contributed by atoms with E-state index in [9.17, 15) is 14.4 Å². The van der Waals surface area contributed by atoms with E-state index in [1.807, 2.05) is 0 Å². The molecule has 0 spiro atoms. The van der Waals surface area contributed by atoms with E-state index in [1.54, 1.807) is 38.1 Å². The molecule has 2 amide bonds. The minimum atomic E-state index is -0.863. The average Bonchev–Trinajstić information content (AvgIpc) is 3.10. The summed E-state index contributed by atoms with van der Waals surface area (Å²) in [6, 6.07) is 5.90.